The maximum Gasteiger partial charge on any atom is 0.289 e. The van der Waals surface area contributed by atoms with E-state index in [-0.39, 0.29) is 5.69 Å². The SMILES string of the molecule is Cc1ccc(Cl)cc1-n1nc(C(=O)NN)c(=O)cc1C. The Bertz CT molecular complexity index is 740. The van der Waals surface area contributed by atoms with Crippen LogP contribution in [0.15, 0.2) is 29.1 Å². The van der Waals surface area contributed by atoms with E-state index in [9.17, 15) is 9.59 Å². The maximum absolute atomic E-state index is 11.8. The van der Waals surface area contributed by atoms with Crippen LogP contribution in [-0.4, -0.2) is 15.7 Å². The van der Waals surface area contributed by atoms with E-state index < -0.39 is 11.3 Å². The Morgan fingerprint density at radius 3 is 2.70 bits per heavy atom. The largest absolute Gasteiger partial charge is 0.289 e. The molecule has 2 rings (SSSR count). The third kappa shape index (κ3) is 2.56. The van der Waals surface area contributed by atoms with Gasteiger partial charge in [0.1, 0.15) is 0 Å². The molecule has 104 valence electrons. The van der Waals surface area contributed by atoms with Crippen LogP contribution in [0.25, 0.3) is 5.69 Å². The molecule has 1 amide bonds. The Balaban J connectivity index is 2.71. The van der Waals surface area contributed by atoms with Gasteiger partial charge in [-0.3, -0.25) is 15.0 Å². The smallest absolute Gasteiger partial charge is 0.289 e. The number of hydrogen-bond acceptors (Lipinski definition) is 4. The van der Waals surface area contributed by atoms with E-state index in [1.807, 2.05) is 18.4 Å². The second-order valence-corrected chi connectivity index (χ2v) is 4.75. The number of carbonyl (C=O) groups is 1. The third-order valence-corrected chi connectivity index (χ3v) is 3.09. The molecule has 0 fully saturated rings. The summed E-state index contributed by atoms with van der Waals surface area (Å²) in [6, 6.07) is 6.63. The molecule has 0 atom stereocenters. The quantitative estimate of drug-likeness (QED) is 0.493. The fraction of sp³-hybridized carbons (Fsp3) is 0.154. The lowest BCUT2D eigenvalue weighted by Crippen LogP contribution is -2.36. The number of benzene rings is 1. The first-order valence-corrected chi connectivity index (χ1v) is 6.20. The van der Waals surface area contributed by atoms with Crippen LogP contribution in [-0.2, 0) is 0 Å². The molecule has 0 spiro atoms. The first-order chi connectivity index (χ1) is 9.43. The van der Waals surface area contributed by atoms with Crippen molar-refractivity contribution in [2.75, 3.05) is 0 Å². The Morgan fingerprint density at radius 2 is 2.05 bits per heavy atom. The van der Waals surface area contributed by atoms with Gasteiger partial charge in [0, 0.05) is 16.8 Å². The minimum atomic E-state index is -0.733. The molecule has 0 aliphatic carbocycles. The molecule has 0 radical (unpaired) electrons. The van der Waals surface area contributed by atoms with E-state index >= 15 is 0 Å². The summed E-state index contributed by atoms with van der Waals surface area (Å²) in [5.41, 5.74) is 3.35. The predicted octanol–water partition coefficient (Wildman–Crippen LogP) is 1.11. The molecule has 1 aromatic carbocycles. The highest BCUT2D eigenvalue weighted by Crippen LogP contribution is 2.19. The van der Waals surface area contributed by atoms with E-state index in [1.54, 1.807) is 19.1 Å². The molecule has 2 aromatic rings. The molecule has 0 unspecified atom stereocenters. The molecule has 0 bridgehead atoms. The van der Waals surface area contributed by atoms with Crippen molar-refractivity contribution >= 4 is 17.5 Å². The van der Waals surface area contributed by atoms with Gasteiger partial charge in [0.2, 0.25) is 5.43 Å². The molecule has 6 nitrogen and oxygen atoms in total. The summed E-state index contributed by atoms with van der Waals surface area (Å²) >= 11 is 5.98. The Kier molecular flexibility index (Phi) is 3.87. The first kappa shape index (κ1) is 14.2. The summed E-state index contributed by atoms with van der Waals surface area (Å²) in [5.74, 6) is 4.31. The molecule has 0 saturated heterocycles. The Morgan fingerprint density at radius 1 is 1.35 bits per heavy atom. The van der Waals surface area contributed by atoms with Gasteiger partial charge in [-0.15, -0.1) is 0 Å². The monoisotopic (exact) mass is 292 g/mol. The lowest BCUT2D eigenvalue weighted by molar-refractivity contribution is 0.0945. The molecular formula is C13H13ClN4O2. The van der Waals surface area contributed by atoms with Crippen molar-refractivity contribution in [3.8, 4) is 5.69 Å². The highest BCUT2D eigenvalue weighted by Gasteiger charge is 2.15. The number of halogens is 1. The first-order valence-electron chi connectivity index (χ1n) is 5.82. The lowest BCUT2D eigenvalue weighted by Gasteiger charge is -2.13. The second-order valence-electron chi connectivity index (χ2n) is 4.31. The number of hydrazine groups is 1. The minimum absolute atomic E-state index is 0.266. The summed E-state index contributed by atoms with van der Waals surface area (Å²) < 4.78 is 1.49. The van der Waals surface area contributed by atoms with Gasteiger partial charge in [0.05, 0.1) is 5.69 Å². The predicted molar refractivity (Wildman–Crippen MR) is 76.0 cm³/mol. The highest BCUT2D eigenvalue weighted by atomic mass is 35.5. The van der Waals surface area contributed by atoms with E-state index in [0.717, 1.165) is 5.56 Å². The minimum Gasteiger partial charge on any atom is -0.289 e. The molecule has 0 aliphatic heterocycles. The van der Waals surface area contributed by atoms with Crippen LogP contribution in [0, 0.1) is 13.8 Å². The maximum atomic E-state index is 11.8. The number of hydrogen-bond donors (Lipinski definition) is 2. The summed E-state index contributed by atoms with van der Waals surface area (Å²) in [5, 5.41) is 4.61. The summed E-state index contributed by atoms with van der Waals surface area (Å²) in [4.78, 5) is 23.3. The van der Waals surface area contributed by atoms with E-state index in [4.69, 9.17) is 17.4 Å². The molecule has 0 aliphatic rings. The molecule has 1 heterocycles. The van der Waals surface area contributed by atoms with Crippen LogP contribution in [0.5, 0.6) is 0 Å². The zero-order valence-corrected chi connectivity index (χ0v) is 11.7. The Labute approximate surface area is 120 Å². The van der Waals surface area contributed by atoms with E-state index in [0.29, 0.717) is 16.4 Å². The van der Waals surface area contributed by atoms with E-state index in [2.05, 4.69) is 5.10 Å². The van der Waals surface area contributed by atoms with Crippen molar-refractivity contribution < 1.29 is 4.79 Å². The number of nitrogens with zero attached hydrogens (tertiary/aromatic N) is 2. The number of aryl methyl sites for hydroxylation is 2. The molecule has 7 heteroatoms. The van der Waals surface area contributed by atoms with Gasteiger partial charge in [0.15, 0.2) is 5.69 Å². The van der Waals surface area contributed by atoms with Gasteiger partial charge in [0.25, 0.3) is 5.91 Å². The zero-order valence-electron chi connectivity index (χ0n) is 11.0. The fourth-order valence-electron chi connectivity index (χ4n) is 1.83. The van der Waals surface area contributed by atoms with Crippen molar-refractivity contribution in [3.63, 3.8) is 0 Å². The average molecular weight is 293 g/mol. The fourth-order valence-corrected chi connectivity index (χ4v) is 1.99. The van der Waals surface area contributed by atoms with Gasteiger partial charge < -0.3 is 0 Å². The van der Waals surface area contributed by atoms with Crippen LogP contribution in [0.2, 0.25) is 5.02 Å². The number of aromatic nitrogens is 2. The van der Waals surface area contributed by atoms with Crippen molar-refractivity contribution in [1.82, 2.24) is 15.2 Å². The highest BCUT2D eigenvalue weighted by molar-refractivity contribution is 6.30. The van der Waals surface area contributed by atoms with Crippen LogP contribution < -0.4 is 16.7 Å². The second kappa shape index (κ2) is 5.44. The molecule has 1 aromatic heterocycles. The third-order valence-electron chi connectivity index (χ3n) is 2.85. The molecule has 0 saturated carbocycles. The van der Waals surface area contributed by atoms with Gasteiger partial charge in [-0.1, -0.05) is 17.7 Å². The van der Waals surface area contributed by atoms with Crippen molar-refractivity contribution in [2.24, 2.45) is 5.84 Å². The van der Waals surface area contributed by atoms with Crippen molar-refractivity contribution in [3.05, 3.63) is 56.5 Å². The molecular weight excluding hydrogens is 280 g/mol. The number of nitrogen functional groups attached to an aromatic ring is 1. The topological polar surface area (TPSA) is 90.0 Å². The van der Waals surface area contributed by atoms with Gasteiger partial charge in [-0.05, 0) is 31.5 Å². The lowest BCUT2D eigenvalue weighted by atomic mass is 10.2. The number of nitrogens with one attached hydrogen (secondary N) is 1. The van der Waals surface area contributed by atoms with Crippen LogP contribution in [0.1, 0.15) is 21.7 Å². The van der Waals surface area contributed by atoms with Gasteiger partial charge in [-0.2, -0.15) is 5.10 Å². The van der Waals surface area contributed by atoms with Crippen molar-refractivity contribution in [2.45, 2.75) is 13.8 Å². The average Bonchev–Trinajstić information content (AvgIpc) is 2.41. The standard InChI is InChI=1S/C13H13ClN4O2/c1-7-3-4-9(14)6-10(7)18-8(2)5-11(19)12(17-18)13(20)16-15/h3-6H,15H2,1-2H3,(H,16,20). The Hall–Kier alpha value is -2.18. The summed E-state index contributed by atoms with van der Waals surface area (Å²) in [6.45, 7) is 3.60. The van der Waals surface area contributed by atoms with Gasteiger partial charge in [-0.25, -0.2) is 10.5 Å². The summed E-state index contributed by atoms with van der Waals surface area (Å²) in [7, 11) is 0. The number of nitrogens with two attached hydrogens (primary N) is 1. The molecule has 3 N–H and O–H groups in total. The summed E-state index contributed by atoms with van der Waals surface area (Å²) in [6.07, 6.45) is 0. The van der Waals surface area contributed by atoms with Gasteiger partial charge >= 0.3 is 0 Å². The van der Waals surface area contributed by atoms with Crippen LogP contribution in [0.3, 0.4) is 0 Å². The number of amides is 1. The number of carbonyl (C=O) groups excluding carboxylic acids is 1. The molecule has 20 heavy (non-hydrogen) atoms. The normalized spacial score (nSPS) is 10.4. The van der Waals surface area contributed by atoms with Crippen molar-refractivity contribution in [1.29, 1.82) is 0 Å². The van der Waals surface area contributed by atoms with Crippen LogP contribution >= 0.6 is 11.6 Å². The zero-order chi connectivity index (χ0) is 14.9. The number of rotatable bonds is 2. The van der Waals surface area contributed by atoms with Crippen LogP contribution in [0.4, 0.5) is 0 Å². The van der Waals surface area contributed by atoms with E-state index in [1.165, 1.54) is 10.7 Å².